The number of halogens is 4. The van der Waals surface area contributed by atoms with Gasteiger partial charge in [-0.25, -0.2) is 9.29 Å². The number of nitrogens with one attached hydrogen (secondary N) is 1. The van der Waals surface area contributed by atoms with Crippen LogP contribution < -0.4 is 15.1 Å². The van der Waals surface area contributed by atoms with Crippen molar-refractivity contribution < 1.29 is 28.7 Å². The minimum absolute atomic E-state index is 0.0586. The lowest BCUT2D eigenvalue weighted by atomic mass is 9.56. The quantitative estimate of drug-likeness (QED) is 0.124. The van der Waals surface area contributed by atoms with E-state index in [4.69, 9.17) is 34.8 Å². The Morgan fingerprint density at radius 1 is 0.760 bits per heavy atom. The second-order valence-electron chi connectivity index (χ2n) is 13.0. The Labute approximate surface area is 301 Å². The molecule has 6 atom stereocenters. The summed E-state index contributed by atoms with van der Waals surface area (Å²) >= 11 is 21.1. The summed E-state index contributed by atoms with van der Waals surface area (Å²) in [7, 11) is 0. The van der Waals surface area contributed by atoms with E-state index in [1.165, 1.54) is 35.2 Å². The predicted octanol–water partition coefficient (Wildman–Crippen LogP) is 7.70. The topological polar surface area (TPSA) is 107 Å². The lowest BCUT2D eigenvalue weighted by Gasteiger charge is -2.50. The number of benzene rings is 4. The highest BCUT2D eigenvalue weighted by Gasteiger charge is 2.77. The summed E-state index contributed by atoms with van der Waals surface area (Å²) in [6, 6.07) is 25.5. The number of rotatable bonds is 5. The van der Waals surface area contributed by atoms with Crippen LogP contribution in [-0.2, 0) is 19.2 Å². The van der Waals surface area contributed by atoms with Crippen LogP contribution in [-0.4, -0.2) is 38.5 Å². The van der Waals surface area contributed by atoms with Crippen LogP contribution in [0.4, 0.5) is 27.1 Å². The van der Waals surface area contributed by atoms with Crippen LogP contribution in [0.1, 0.15) is 24.3 Å². The minimum Gasteiger partial charge on any atom is -0.508 e. The molecule has 2 N–H and O–H groups in total. The largest absolute Gasteiger partial charge is 0.508 e. The van der Waals surface area contributed by atoms with E-state index in [1.807, 2.05) is 30.3 Å². The standard InChI is InChI=1S/C38H27Cl3FN3O5/c39-20-6-17-30(46)28(18-20)32-26-15-16-27-31(34(48)44(33(27)47)24-13-9-23(10-14-24)43-22-4-2-1-3-5-22)29(26)19-37(40)35(49)45(36(50)38(32,37)41)25-11-7-21(42)8-12-25/h1-15,17-18,27,29,31-32,43,46H,16,19H2/t27-,29+,31-,32+,37+,38-/m0/s1. The first-order chi connectivity index (χ1) is 23.9. The van der Waals surface area contributed by atoms with Gasteiger partial charge in [0.1, 0.15) is 11.6 Å². The van der Waals surface area contributed by atoms with Crippen LogP contribution in [0.25, 0.3) is 0 Å². The Kier molecular flexibility index (Phi) is 7.60. The van der Waals surface area contributed by atoms with E-state index in [2.05, 4.69) is 5.32 Å². The molecular formula is C38H27Cl3FN3O5. The molecule has 12 heteroatoms. The van der Waals surface area contributed by atoms with Crippen LogP contribution in [0.3, 0.4) is 0 Å². The van der Waals surface area contributed by atoms with E-state index in [9.17, 15) is 28.7 Å². The van der Waals surface area contributed by atoms with Gasteiger partial charge < -0.3 is 10.4 Å². The van der Waals surface area contributed by atoms with E-state index in [0.717, 1.165) is 28.4 Å². The van der Waals surface area contributed by atoms with Crippen LogP contribution in [0.2, 0.25) is 5.02 Å². The number of phenols is 1. The molecular weight excluding hydrogens is 704 g/mol. The number of hydrogen-bond acceptors (Lipinski definition) is 6. The Hall–Kier alpha value is -4.70. The van der Waals surface area contributed by atoms with Crippen molar-refractivity contribution in [2.75, 3.05) is 15.1 Å². The van der Waals surface area contributed by atoms with Crippen LogP contribution in [0.15, 0.2) is 109 Å². The molecule has 0 spiro atoms. The van der Waals surface area contributed by atoms with Gasteiger partial charge in [0.25, 0.3) is 11.8 Å². The molecule has 4 aromatic rings. The first kappa shape index (κ1) is 32.5. The molecule has 8 nitrogen and oxygen atoms in total. The van der Waals surface area contributed by atoms with E-state index in [-0.39, 0.29) is 34.9 Å². The number of amides is 4. The predicted molar refractivity (Wildman–Crippen MR) is 188 cm³/mol. The van der Waals surface area contributed by atoms with Crippen molar-refractivity contribution in [3.8, 4) is 5.75 Å². The lowest BCUT2D eigenvalue weighted by molar-refractivity contribution is -0.125. The van der Waals surface area contributed by atoms with E-state index >= 15 is 0 Å². The van der Waals surface area contributed by atoms with Gasteiger partial charge in [-0.3, -0.25) is 24.1 Å². The van der Waals surface area contributed by atoms with Gasteiger partial charge in [0.15, 0.2) is 9.75 Å². The van der Waals surface area contributed by atoms with Crippen molar-refractivity contribution >= 4 is 81.2 Å². The van der Waals surface area contributed by atoms with Gasteiger partial charge in [-0.15, -0.1) is 23.2 Å². The molecule has 0 bridgehead atoms. The van der Waals surface area contributed by atoms with E-state index in [0.29, 0.717) is 11.3 Å². The number of phenolic OH excluding ortho intramolecular Hbond substituents is 1. The zero-order chi connectivity index (χ0) is 35.1. The van der Waals surface area contributed by atoms with Gasteiger partial charge >= 0.3 is 0 Å². The number of alkyl halides is 2. The number of carbonyl (C=O) groups excluding carboxylic acids is 4. The molecule has 3 fully saturated rings. The summed E-state index contributed by atoms with van der Waals surface area (Å²) in [6.45, 7) is 0. The van der Waals surface area contributed by atoms with Crippen LogP contribution in [0, 0.1) is 23.6 Å². The number of aromatic hydroxyl groups is 1. The molecule has 2 saturated heterocycles. The molecule has 0 radical (unpaired) electrons. The monoisotopic (exact) mass is 729 g/mol. The summed E-state index contributed by atoms with van der Waals surface area (Å²) < 4.78 is 13.9. The average molecular weight is 731 g/mol. The summed E-state index contributed by atoms with van der Waals surface area (Å²) in [5, 5.41) is 14.7. The number of imide groups is 2. The molecule has 2 heterocycles. The molecule has 0 aromatic heterocycles. The van der Waals surface area contributed by atoms with Crippen LogP contribution in [0.5, 0.6) is 5.75 Å². The molecule has 8 rings (SSSR count). The first-order valence-electron chi connectivity index (χ1n) is 15.9. The maximum absolute atomic E-state index is 14.5. The zero-order valence-electron chi connectivity index (χ0n) is 26.0. The Morgan fingerprint density at radius 2 is 1.40 bits per heavy atom. The van der Waals surface area contributed by atoms with Gasteiger partial charge in [-0.1, -0.05) is 41.4 Å². The summed E-state index contributed by atoms with van der Waals surface area (Å²) in [5.41, 5.74) is 2.72. The molecule has 252 valence electrons. The maximum atomic E-state index is 14.5. The molecule has 4 amide bonds. The highest BCUT2D eigenvalue weighted by Crippen LogP contribution is 2.66. The molecule has 4 aromatic carbocycles. The lowest BCUT2D eigenvalue weighted by Crippen LogP contribution is -2.60. The number of para-hydroxylation sites is 1. The normalized spacial score (nSPS) is 28.7. The number of fused-ring (bicyclic) bond motifs is 4. The number of carbonyl (C=O) groups is 4. The van der Waals surface area contributed by atoms with Gasteiger partial charge in [0, 0.05) is 27.9 Å². The molecule has 2 aliphatic carbocycles. The van der Waals surface area contributed by atoms with Gasteiger partial charge in [0.2, 0.25) is 11.8 Å². The second-order valence-corrected chi connectivity index (χ2v) is 14.7. The third kappa shape index (κ3) is 4.63. The summed E-state index contributed by atoms with van der Waals surface area (Å²) in [6.07, 6.45) is 1.67. The molecule has 50 heavy (non-hydrogen) atoms. The SMILES string of the molecule is O=C1[C@H]2[C@H](CC=C3[C@H]2C[C@@]2(Cl)C(=O)N(c4ccc(F)cc4)C(=O)[C@@]2(Cl)[C@H]3c2cc(Cl)ccc2O)C(=O)N1c1ccc(Nc2ccccc2)cc1. The fourth-order valence-electron chi connectivity index (χ4n) is 8.14. The zero-order valence-corrected chi connectivity index (χ0v) is 28.3. The third-order valence-electron chi connectivity index (χ3n) is 10.4. The Bertz CT molecular complexity index is 2130. The first-order valence-corrected chi connectivity index (χ1v) is 17.1. The second kappa shape index (κ2) is 11.7. The van der Waals surface area contributed by atoms with Gasteiger partial charge in [-0.05, 0) is 97.6 Å². The minimum atomic E-state index is -2.19. The molecule has 0 unspecified atom stereocenters. The van der Waals surface area contributed by atoms with Crippen molar-refractivity contribution in [3.63, 3.8) is 0 Å². The fourth-order valence-corrected chi connectivity index (χ4v) is 9.24. The summed E-state index contributed by atoms with van der Waals surface area (Å²) in [5.74, 6) is -7.14. The highest BCUT2D eigenvalue weighted by atomic mass is 35.5. The Morgan fingerprint density at radius 3 is 2.10 bits per heavy atom. The fraction of sp³-hybridized carbons (Fsp3) is 0.211. The Balaban J connectivity index is 1.21. The van der Waals surface area contributed by atoms with Crippen molar-refractivity contribution in [3.05, 3.63) is 125 Å². The van der Waals surface area contributed by atoms with E-state index < -0.39 is 62.9 Å². The number of nitrogens with zero attached hydrogens (tertiary/aromatic N) is 2. The molecule has 1 saturated carbocycles. The van der Waals surface area contributed by atoms with Crippen molar-refractivity contribution in [1.29, 1.82) is 0 Å². The third-order valence-corrected chi connectivity index (χ3v) is 12.0. The maximum Gasteiger partial charge on any atom is 0.258 e. The number of anilines is 4. The van der Waals surface area contributed by atoms with Crippen molar-refractivity contribution in [2.45, 2.75) is 28.5 Å². The average Bonchev–Trinajstić information content (AvgIpc) is 3.45. The van der Waals surface area contributed by atoms with Gasteiger partial charge in [0.05, 0.1) is 23.2 Å². The number of hydrogen-bond donors (Lipinski definition) is 2. The summed E-state index contributed by atoms with van der Waals surface area (Å²) in [4.78, 5) is 54.9. The molecule has 2 aliphatic heterocycles. The number of allylic oxidation sites excluding steroid dienone is 2. The molecule has 4 aliphatic rings. The van der Waals surface area contributed by atoms with Crippen LogP contribution >= 0.6 is 34.8 Å². The van der Waals surface area contributed by atoms with Crippen molar-refractivity contribution in [1.82, 2.24) is 0 Å². The van der Waals surface area contributed by atoms with Crippen molar-refractivity contribution in [2.24, 2.45) is 17.8 Å². The smallest absolute Gasteiger partial charge is 0.258 e. The van der Waals surface area contributed by atoms with E-state index in [1.54, 1.807) is 30.3 Å². The van der Waals surface area contributed by atoms with Gasteiger partial charge in [-0.2, -0.15) is 0 Å². The highest BCUT2D eigenvalue weighted by molar-refractivity contribution is 6.58.